The molecule has 0 N–H and O–H groups in total. The lowest BCUT2D eigenvalue weighted by atomic mass is 10.2. The summed E-state index contributed by atoms with van der Waals surface area (Å²) in [6.45, 7) is 1.94. The molecule has 0 saturated carbocycles. The van der Waals surface area contributed by atoms with Gasteiger partial charge in [0.2, 0.25) is 5.91 Å². The van der Waals surface area contributed by atoms with Crippen molar-refractivity contribution in [2.45, 2.75) is 13.5 Å². The molecule has 0 fully saturated rings. The molecule has 1 amide bonds. The Kier molecular flexibility index (Phi) is 5.81. The summed E-state index contributed by atoms with van der Waals surface area (Å²) in [5.74, 6) is -0.290. The molecule has 2 aromatic rings. The lowest BCUT2D eigenvalue weighted by Gasteiger charge is -2.16. The van der Waals surface area contributed by atoms with Gasteiger partial charge >= 0.3 is 0 Å². The minimum atomic E-state index is -0.505. The number of nitrogens with zero attached hydrogens (tertiary/aromatic N) is 4. The highest BCUT2D eigenvalue weighted by atomic mass is 35.5. The van der Waals surface area contributed by atoms with E-state index in [0.29, 0.717) is 27.0 Å². The number of hydrogen-bond donors (Lipinski definition) is 0. The highest BCUT2D eigenvalue weighted by Gasteiger charge is 2.14. The van der Waals surface area contributed by atoms with Crippen molar-refractivity contribution in [3.8, 4) is 0 Å². The molecule has 1 aromatic carbocycles. The zero-order chi connectivity index (χ0) is 18.7. The Morgan fingerprint density at radius 1 is 1.44 bits per heavy atom. The summed E-state index contributed by atoms with van der Waals surface area (Å²) < 4.78 is 1.52. The van der Waals surface area contributed by atoms with Crippen LogP contribution in [0.4, 0.5) is 5.69 Å². The Morgan fingerprint density at radius 3 is 2.68 bits per heavy atom. The predicted molar refractivity (Wildman–Crippen MR) is 96.6 cm³/mol. The number of halogens is 2. The van der Waals surface area contributed by atoms with Gasteiger partial charge in [-0.25, -0.2) is 0 Å². The van der Waals surface area contributed by atoms with Crippen LogP contribution >= 0.6 is 23.2 Å². The van der Waals surface area contributed by atoms with Crippen LogP contribution in [0.3, 0.4) is 0 Å². The number of hydrogen-bond acceptors (Lipinski definition) is 4. The molecule has 132 valence electrons. The van der Waals surface area contributed by atoms with Crippen molar-refractivity contribution in [3.63, 3.8) is 0 Å². The van der Waals surface area contributed by atoms with Gasteiger partial charge in [0.25, 0.3) is 5.69 Å². The first-order chi connectivity index (χ1) is 11.7. The van der Waals surface area contributed by atoms with E-state index < -0.39 is 4.92 Å². The molecule has 1 heterocycles. The van der Waals surface area contributed by atoms with Crippen LogP contribution in [0.2, 0.25) is 10.2 Å². The van der Waals surface area contributed by atoms with Crippen molar-refractivity contribution in [1.82, 2.24) is 14.7 Å². The first-order valence-corrected chi connectivity index (χ1v) is 8.01. The summed E-state index contributed by atoms with van der Waals surface area (Å²) in [5, 5.41) is 15.8. The van der Waals surface area contributed by atoms with E-state index in [4.69, 9.17) is 23.2 Å². The van der Waals surface area contributed by atoms with E-state index in [1.54, 1.807) is 27.1 Å². The average Bonchev–Trinajstić information content (AvgIpc) is 2.79. The number of non-ortho nitro benzene ring substituents is 1. The third-order valence-electron chi connectivity index (χ3n) is 3.61. The van der Waals surface area contributed by atoms with E-state index in [1.807, 2.05) is 0 Å². The minimum Gasteiger partial charge on any atom is -0.338 e. The van der Waals surface area contributed by atoms with Gasteiger partial charge in [-0.15, -0.1) is 0 Å². The fourth-order valence-electron chi connectivity index (χ4n) is 2.25. The fraction of sp³-hybridized carbons (Fsp3) is 0.250. The second-order valence-electron chi connectivity index (χ2n) is 5.47. The van der Waals surface area contributed by atoms with Gasteiger partial charge in [-0.05, 0) is 24.6 Å². The standard InChI is InChI=1S/C16H16Cl2N4O3/c1-10-13(16(18)21(3)19-10)5-7-15(23)20(2)9-11-8-12(22(24)25)4-6-14(11)17/h4-8H,9H2,1-3H3/b7-5-. The van der Waals surface area contributed by atoms with Crippen molar-refractivity contribution in [2.24, 2.45) is 7.05 Å². The van der Waals surface area contributed by atoms with Crippen LogP contribution in [0.5, 0.6) is 0 Å². The van der Waals surface area contributed by atoms with Crippen molar-refractivity contribution in [3.05, 3.63) is 61.4 Å². The number of carbonyl (C=O) groups is 1. The van der Waals surface area contributed by atoms with Crippen LogP contribution in [0.25, 0.3) is 6.08 Å². The smallest absolute Gasteiger partial charge is 0.269 e. The van der Waals surface area contributed by atoms with Crippen molar-refractivity contribution < 1.29 is 9.72 Å². The predicted octanol–water partition coefficient (Wildman–Crippen LogP) is 3.62. The third kappa shape index (κ3) is 4.37. The van der Waals surface area contributed by atoms with E-state index in [-0.39, 0.29) is 18.1 Å². The number of nitro benzene ring substituents is 1. The maximum atomic E-state index is 12.3. The monoisotopic (exact) mass is 382 g/mol. The summed E-state index contributed by atoms with van der Waals surface area (Å²) in [7, 11) is 3.30. The lowest BCUT2D eigenvalue weighted by Crippen LogP contribution is -2.24. The molecule has 0 spiro atoms. The van der Waals surface area contributed by atoms with Crippen LogP contribution in [0, 0.1) is 17.0 Å². The van der Waals surface area contributed by atoms with Crippen LogP contribution in [-0.4, -0.2) is 32.6 Å². The van der Waals surface area contributed by atoms with Gasteiger partial charge in [0.05, 0.1) is 10.6 Å². The zero-order valence-corrected chi connectivity index (χ0v) is 15.4. The van der Waals surface area contributed by atoms with Crippen LogP contribution < -0.4 is 0 Å². The molecule has 0 radical (unpaired) electrons. The maximum Gasteiger partial charge on any atom is 0.269 e. The minimum absolute atomic E-state index is 0.0754. The maximum absolute atomic E-state index is 12.3. The summed E-state index contributed by atoms with van der Waals surface area (Å²) in [6, 6.07) is 4.13. The van der Waals surface area contributed by atoms with Gasteiger partial charge in [-0.2, -0.15) is 5.10 Å². The molecule has 7 nitrogen and oxygen atoms in total. The molecule has 25 heavy (non-hydrogen) atoms. The van der Waals surface area contributed by atoms with E-state index >= 15 is 0 Å². The number of benzene rings is 1. The Labute approximate surface area is 154 Å². The molecular formula is C16H16Cl2N4O3. The van der Waals surface area contributed by atoms with E-state index in [2.05, 4.69) is 5.10 Å². The first-order valence-electron chi connectivity index (χ1n) is 7.25. The molecular weight excluding hydrogens is 367 g/mol. The van der Waals surface area contributed by atoms with E-state index in [1.165, 1.54) is 33.9 Å². The Hall–Kier alpha value is -2.38. The van der Waals surface area contributed by atoms with Gasteiger partial charge in [0.15, 0.2) is 0 Å². The molecule has 0 aliphatic carbocycles. The van der Waals surface area contributed by atoms with E-state index in [9.17, 15) is 14.9 Å². The number of rotatable bonds is 5. The molecule has 0 bridgehead atoms. The SMILES string of the molecule is Cc1nn(C)c(Cl)c1/C=C\C(=O)N(C)Cc1cc([N+](=O)[O-])ccc1Cl. The highest BCUT2D eigenvalue weighted by molar-refractivity contribution is 6.31. The third-order valence-corrected chi connectivity index (χ3v) is 4.43. The Balaban J connectivity index is 2.14. The van der Waals surface area contributed by atoms with Crippen LogP contribution in [-0.2, 0) is 18.4 Å². The summed E-state index contributed by atoms with van der Waals surface area (Å²) in [5.41, 5.74) is 1.80. The van der Waals surface area contributed by atoms with Gasteiger partial charge < -0.3 is 4.90 Å². The second-order valence-corrected chi connectivity index (χ2v) is 6.24. The summed E-state index contributed by atoms with van der Waals surface area (Å²) in [6.07, 6.45) is 2.97. The summed E-state index contributed by atoms with van der Waals surface area (Å²) >= 11 is 12.2. The molecule has 0 atom stereocenters. The molecule has 9 heteroatoms. The van der Waals surface area contributed by atoms with Crippen LogP contribution in [0.1, 0.15) is 16.8 Å². The lowest BCUT2D eigenvalue weighted by molar-refractivity contribution is -0.384. The normalized spacial score (nSPS) is 11.1. The highest BCUT2D eigenvalue weighted by Crippen LogP contribution is 2.23. The molecule has 0 unspecified atom stereocenters. The molecule has 2 rings (SSSR count). The molecule has 0 aliphatic heterocycles. The average molecular weight is 383 g/mol. The molecule has 1 aromatic heterocycles. The zero-order valence-electron chi connectivity index (χ0n) is 13.9. The fourth-order valence-corrected chi connectivity index (χ4v) is 2.66. The van der Waals surface area contributed by atoms with E-state index in [0.717, 1.165) is 0 Å². The van der Waals surface area contributed by atoms with Gasteiger partial charge in [-0.3, -0.25) is 19.6 Å². The number of carbonyl (C=O) groups excluding carboxylic acids is 1. The number of nitro groups is 1. The van der Waals surface area contributed by atoms with Crippen molar-refractivity contribution in [2.75, 3.05) is 7.05 Å². The number of amides is 1. The largest absolute Gasteiger partial charge is 0.338 e. The van der Waals surface area contributed by atoms with Gasteiger partial charge in [0, 0.05) is 49.4 Å². The number of aryl methyl sites for hydroxylation is 2. The quantitative estimate of drug-likeness (QED) is 0.449. The summed E-state index contributed by atoms with van der Waals surface area (Å²) in [4.78, 5) is 24.0. The molecule has 0 aliphatic rings. The molecule has 0 saturated heterocycles. The number of likely N-dealkylation sites (N-methyl/N-ethyl adjacent to an activating group) is 1. The van der Waals surface area contributed by atoms with Crippen LogP contribution in [0.15, 0.2) is 24.3 Å². The van der Waals surface area contributed by atoms with Gasteiger partial charge in [-0.1, -0.05) is 23.2 Å². The Bertz CT molecular complexity index is 861. The van der Waals surface area contributed by atoms with Gasteiger partial charge in [0.1, 0.15) is 5.15 Å². The topological polar surface area (TPSA) is 81.3 Å². The second kappa shape index (κ2) is 7.67. The first kappa shape index (κ1) is 19.0. The van der Waals surface area contributed by atoms with Crippen molar-refractivity contribution >= 4 is 40.9 Å². The Morgan fingerprint density at radius 2 is 2.12 bits per heavy atom. The number of aromatic nitrogens is 2. The van der Waals surface area contributed by atoms with Crippen molar-refractivity contribution in [1.29, 1.82) is 0 Å².